The molecule has 7 nitrogen and oxygen atoms in total. The third-order valence-electron chi connectivity index (χ3n) is 5.70. The fourth-order valence-electron chi connectivity index (χ4n) is 4.14. The number of rotatable bonds is 7. The molecule has 0 radical (unpaired) electrons. The number of likely N-dealkylation sites (tertiary alicyclic amines) is 2. The first-order valence-corrected chi connectivity index (χ1v) is 10.0. The normalized spacial score (nSPS) is 25.1. The maximum Gasteiger partial charge on any atom is 0.314 e. The summed E-state index contributed by atoms with van der Waals surface area (Å²) in [6.07, 6.45) is 2.50. The van der Waals surface area contributed by atoms with Gasteiger partial charge in [-0.2, -0.15) is 0 Å². The molecule has 0 spiro atoms. The topological polar surface area (TPSA) is 77.3 Å². The van der Waals surface area contributed by atoms with Crippen LogP contribution in [-0.2, 0) is 25.5 Å². The van der Waals surface area contributed by atoms with Crippen molar-refractivity contribution in [2.75, 3.05) is 33.4 Å². The van der Waals surface area contributed by atoms with Crippen LogP contribution in [0.25, 0.3) is 0 Å². The third-order valence-corrected chi connectivity index (χ3v) is 5.70. The zero-order chi connectivity index (χ0) is 20.1. The SMILES string of the molecule is CCOC(=O)[C@H]1CCC[NH+]([C@@H]2CC(=O)N(CCc3ccc(OC)cc3)C2=O)C1. The monoisotopic (exact) mass is 389 g/mol. The van der Waals surface area contributed by atoms with E-state index in [-0.39, 0.29) is 36.2 Å². The molecule has 1 aromatic carbocycles. The molecule has 1 N–H and O–H groups in total. The van der Waals surface area contributed by atoms with Crippen molar-refractivity contribution in [3.8, 4) is 5.75 Å². The Morgan fingerprint density at radius 2 is 2.00 bits per heavy atom. The average Bonchev–Trinajstić information content (AvgIpc) is 3.00. The molecule has 152 valence electrons. The molecule has 0 saturated carbocycles. The maximum absolute atomic E-state index is 12.9. The lowest BCUT2D eigenvalue weighted by atomic mass is 9.96. The Kier molecular flexibility index (Phi) is 6.67. The molecule has 2 saturated heterocycles. The lowest BCUT2D eigenvalue weighted by Gasteiger charge is -2.31. The third kappa shape index (κ3) is 4.52. The molecular formula is C21H29N2O5+. The molecule has 2 fully saturated rings. The molecule has 7 heteroatoms. The van der Waals surface area contributed by atoms with Gasteiger partial charge in [-0.1, -0.05) is 12.1 Å². The quantitative estimate of drug-likeness (QED) is 0.533. The summed E-state index contributed by atoms with van der Waals surface area (Å²) in [7, 11) is 1.62. The lowest BCUT2D eigenvalue weighted by molar-refractivity contribution is -0.922. The molecular weight excluding hydrogens is 360 g/mol. The van der Waals surface area contributed by atoms with Crippen LogP contribution in [0.5, 0.6) is 5.75 Å². The van der Waals surface area contributed by atoms with Crippen molar-refractivity contribution < 1.29 is 28.8 Å². The Morgan fingerprint density at radius 1 is 1.25 bits per heavy atom. The number of carbonyl (C=O) groups is 3. The second kappa shape index (κ2) is 9.19. The average molecular weight is 389 g/mol. The van der Waals surface area contributed by atoms with E-state index in [1.54, 1.807) is 14.0 Å². The van der Waals surface area contributed by atoms with E-state index in [0.29, 0.717) is 26.1 Å². The van der Waals surface area contributed by atoms with Crippen LogP contribution >= 0.6 is 0 Å². The highest BCUT2D eigenvalue weighted by molar-refractivity contribution is 6.04. The van der Waals surface area contributed by atoms with E-state index in [1.807, 2.05) is 24.3 Å². The van der Waals surface area contributed by atoms with Crippen molar-refractivity contribution in [1.29, 1.82) is 0 Å². The molecule has 1 unspecified atom stereocenters. The van der Waals surface area contributed by atoms with E-state index in [4.69, 9.17) is 9.47 Å². The number of amides is 2. The van der Waals surface area contributed by atoms with Gasteiger partial charge in [0.15, 0.2) is 6.04 Å². The first-order chi connectivity index (χ1) is 13.5. The van der Waals surface area contributed by atoms with Crippen molar-refractivity contribution >= 4 is 17.8 Å². The number of hydrogen-bond donors (Lipinski definition) is 1. The summed E-state index contributed by atoms with van der Waals surface area (Å²) in [5, 5.41) is 0. The van der Waals surface area contributed by atoms with Gasteiger partial charge in [0.1, 0.15) is 11.7 Å². The summed E-state index contributed by atoms with van der Waals surface area (Å²) < 4.78 is 10.3. The second-order valence-electron chi connectivity index (χ2n) is 7.44. The molecule has 2 heterocycles. The molecule has 28 heavy (non-hydrogen) atoms. The van der Waals surface area contributed by atoms with Crippen LogP contribution in [-0.4, -0.2) is 62.1 Å². The fraction of sp³-hybridized carbons (Fsp3) is 0.571. The Bertz CT molecular complexity index is 718. The van der Waals surface area contributed by atoms with Gasteiger partial charge in [0.2, 0.25) is 5.91 Å². The largest absolute Gasteiger partial charge is 0.497 e. The van der Waals surface area contributed by atoms with Gasteiger partial charge in [0.25, 0.3) is 5.91 Å². The number of esters is 1. The number of imide groups is 1. The number of hydrogen-bond acceptors (Lipinski definition) is 5. The van der Waals surface area contributed by atoms with Crippen molar-refractivity contribution in [3.63, 3.8) is 0 Å². The van der Waals surface area contributed by atoms with Crippen molar-refractivity contribution in [1.82, 2.24) is 4.90 Å². The number of methoxy groups -OCH3 is 1. The Hall–Kier alpha value is -2.41. The van der Waals surface area contributed by atoms with Crippen LogP contribution in [0.15, 0.2) is 24.3 Å². The van der Waals surface area contributed by atoms with Gasteiger partial charge < -0.3 is 14.4 Å². The number of quaternary nitrogens is 1. The van der Waals surface area contributed by atoms with Crippen molar-refractivity contribution in [2.45, 2.75) is 38.6 Å². The number of nitrogens with zero attached hydrogens (tertiary/aromatic N) is 1. The van der Waals surface area contributed by atoms with E-state index < -0.39 is 0 Å². The Morgan fingerprint density at radius 3 is 2.68 bits per heavy atom. The summed E-state index contributed by atoms with van der Waals surface area (Å²) in [5.41, 5.74) is 1.05. The predicted molar refractivity (Wildman–Crippen MR) is 102 cm³/mol. The fourth-order valence-corrected chi connectivity index (χ4v) is 4.14. The van der Waals surface area contributed by atoms with Gasteiger partial charge in [-0.15, -0.1) is 0 Å². The smallest absolute Gasteiger partial charge is 0.314 e. The van der Waals surface area contributed by atoms with Gasteiger partial charge in [-0.3, -0.25) is 19.3 Å². The van der Waals surface area contributed by atoms with Gasteiger partial charge in [-0.25, -0.2) is 0 Å². The summed E-state index contributed by atoms with van der Waals surface area (Å²) in [5.74, 6) is 0.182. The van der Waals surface area contributed by atoms with Crippen LogP contribution in [0, 0.1) is 5.92 Å². The standard InChI is InChI=1S/C21H28N2O5/c1-3-28-21(26)16-5-4-11-22(14-16)18-13-19(24)23(20(18)25)12-10-15-6-8-17(27-2)9-7-15/h6-9,16,18H,3-5,10-14H2,1-2H3/p+1/t16-,18+/m0/s1. The highest BCUT2D eigenvalue weighted by Gasteiger charge is 2.46. The number of nitrogens with one attached hydrogen (secondary N) is 1. The summed E-state index contributed by atoms with van der Waals surface area (Å²) in [6.45, 7) is 3.92. The maximum atomic E-state index is 12.9. The minimum Gasteiger partial charge on any atom is -0.497 e. The van der Waals surface area contributed by atoms with E-state index in [9.17, 15) is 14.4 Å². The molecule has 3 atom stereocenters. The van der Waals surface area contributed by atoms with E-state index in [2.05, 4.69) is 0 Å². The molecule has 1 aromatic rings. The minimum absolute atomic E-state index is 0.113. The zero-order valence-electron chi connectivity index (χ0n) is 16.6. The molecule has 0 aliphatic carbocycles. The van der Waals surface area contributed by atoms with Crippen LogP contribution in [0.2, 0.25) is 0 Å². The Balaban J connectivity index is 1.58. The first-order valence-electron chi connectivity index (χ1n) is 10.0. The number of ether oxygens (including phenoxy) is 2. The van der Waals surface area contributed by atoms with E-state index >= 15 is 0 Å². The minimum atomic E-state index is -0.374. The molecule has 0 aromatic heterocycles. The van der Waals surface area contributed by atoms with Crippen LogP contribution in [0.4, 0.5) is 0 Å². The molecule has 2 aliphatic heterocycles. The van der Waals surface area contributed by atoms with Crippen LogP contribution < -0.4 is 9.64 Å². The number of benzene rings is 1. The van der Waals surface area contributed by atoms with E-state index in [0.717, 1.165) is 35.6 Å². The number of carbonyl (C=O) groups excluding carboxylic acids is 3. The highest BCUT2D eigenvalue weighted by atomic mass is 16.5. The van der Waals surface area contributed by atoms with Crippen molar-refractivity contribution in [3.05, 3.63) is 29.8 Å². The van der Waals surface area contributed by atoms with Crippen molar-refractivity contribution in [2.24, 2.45) is 5.92 Å². The van der Waals surface area contributed by atoms with Gasteiger partial charge >= 0.3 is 5.97 Å². The van der Waals surface area contributed by atoms with Gasteiger partial charge in [0.05, 0.1) is 33.2 Å². The Labute approximate surface area is 165 Å². The predicted octanol–water partition coefficient (Wildman–Crippen LogP) is 0.223. The van der Waals surface area contributed by atoms with Gasteiger partial charge in [0, 0.05) is 6.54 Å². The highest BCUT2D eigenvalue weighted by Crippen LogP contribution is 2.17. The zero-order valence-corrected chi connectivity index (χ0v) is 16.6. The molecule has 0 bridgehead atoms. The summed E-state index contributed by atoms with van der Waals surface area (Å²) in [4.78, 5) is 39.8. The molecule has 2 amide bonds. The van der Waals surface area contributed by atoms with Crippen LogP contribution in [0.3, 0.4) is 0 Å². The molecule has 3 rings (SSSR count). The van der Waals surface area contributed by atoms with E-state index in [1.165, 1.54) is 4.90 Å². The second-order valence-corrected chi connectivity index (χ2v) is 7.44. The van der Waals surface area contributed by atoms with Crippen LogP contribution in [0.1, 0.15) is 31.7 Å². The first kappa shape index (κ1) is 20.3. The number of piperidine rings is 1. The van der Waals surface area contributed by atoms with Gasteiger partial charge in [-0.05, 0) is 43.9 Å². The summed E-state index contributed by atoms with van der Waals surface area (Å²) in [6, 6.07) is 7.27. The lowest BCUT2D eigenvalue weighted by Crippen LogP contribution is -3.18. The molecule has 2 aliphatic rings. The summed E-state index contributed by atoms with van der Waals surface area (Å²) >= 11 is 0.